The summed E-state index contributed by atoms with van der Waals surface area (Å²) < 4.78 is 49.2. The molecule has 1 aliphatic heterocycles. The van der Waals surface area contributed by atoms with Gasteiger partial charge in [0.05, 0.1) is 11.4 Å². The van der Waals surface area contributed by atoms with Gasteiger partial charge in [-0.1, -0.05) is 31.4 Å². The first kappa shape index (κ1) is 25.4. The van der Waals surface area contributed by atoms with Crippen LogP contribution in [0.4, 0.5) is 13.2 Å². The van der Waals surface area contributed by atoms with Crippen molar-refractivity contribution in [3.8, 4) is 11.3 Å². The molecule has 0 unspecified atom stereocenters. The van der Waals surface area contributed by atoms with Crippen molar-refractivity contribution in [2.45, 2.75) is 56.3 Å². The lowest BCUT2D eigenvalue weighted by Gasteiger charge is -2.16. The van der Waals surface area contributed by atoms with Crippen LogP contribution in [-0.2, 0) is 23.3 Å². The second-order valence-electron chi connectivity index (χ2n) is 9.44. The van der Waals surface area contributed by atoms with Gasteiger partial charge < -0.3 is 9.30 Å². The van der Waals surface area contributed by atoms with Crippen molar-refractivity contribution in [2.24, 2.45) is 20.7 Å². The molecule has 0 radical (unpaired) electrons. The minimum absolute atomic E-state index is 0.124. The van der Waals surface area contributed by atoms with Crippen LogP contribution in [0, 0.1) is 0 Å². The van der Waals surface area contributed by atoms with Crippen LogP contribution < -0.4 is 0 Å². The molecule has 0 fully saturated rings. The van der Waals surface area contributed by atoms with E-state index in [4.69, 9.17) is 9.72 Å². The quantitative estimate of drug-likeness (QED) is 0.144. The third-order valence-corrected chi connectivity index (χ3v) is 7.73. The monoisotopic (exact) mass is 522 g/mol. The number of ether oxygens (including phenoxy) is 1. The Kier molecular flexibility index (Phi) is 6.81. The number of fused-ring (bicyclic) bond motifs is 1. The Morgan fingerprint density at radius 1 is 1.11 bits per heavy atom. The third-order valence-electron chi connectivity index (χ3n) is 5.46. The highest BCUT2D eigenvalue weighted by Crippen LogP contribution is 2.40. The maximum absolute atomic E-state index is 13.9. The normalized spacial score (nSPS) is 15.4. The van der Waals surface area contributed by atoms with Gasteiger partial charge in [0.2, 0.25) is 5.66 Å². The van der Waals surface area contributed by atoms with E-state index >= 15 is 0 Å². The first-order valence-electron chi connectivity index (χ1n) is 10.8. The number of alkyl halides is 3. The fourth-order valence-corrected chi connectivity index (χ4v) is 4.57. The Hall–Kier alpha value is -2.71. The molecule has 3 aromatic rings. The fourth-order valence-electron chi connectivity index (χ4n) is 3.47. The van der Waals surface area contributed by atoms with Crippen molar-refractivity contribution in [3.63, 3.8) is 0 Å². The Bertz CT molecular complexity index is 1290. The van der Waals surface area contributed by atoms with Gasteiger partial charge in [0, 0.05) is 38.0 Å². The number of aromatic nitrogens is 4. The Labute approximate surface area is 205 Å². The third kappa shape index (κ3) is 5.43. The summed E-state index contributed by atoms with van der Waals surface area (Å²) in [6, 6.07) is 4.31. The van der Waals surface area contributed by atoms with E-state index < -0.39 is 25.5 Å². The van der Waals surface area contributed by atoms with Crippen molar-refractivity contribution in [2.75, 3.05) is 12.9 Å². The van der Waals surface area contributed by atoms with Gasteiger partial charge in [0.25, 0.3) is 0 Å². The molecule has 0 spiro atoms. The summed E-state index contributed by atoms with van der Waals surface area (Å²) in [5.74, 6) is 0. The molecule has 0 aliphatic carbocycles. The summed E-state index contributed by atoms with van der Waals surface area (Å²) in [5, 5.41) is 16.0. The van der Waals surface area contributed by atoms with E-state index in [2.05, 4.69) is 50.3 Å². The Morgan fingerprint density at radius 3 is 2.46 bits per heavy atom. The van der Waals surface area contributed by atoms with Crippen LogP contribution >= 0.6 is 11.8 Å². The number of nitrogens with zero attached hydrogens (tertiary/aromatic N) is 8. The molecule has 4 heterocycles. The van der Waals surface area contributed by atoms with E-state index in [1.54, 1.807) is 36.1 Å². The van der Waals surface area contributed by atoms with E-state index in [0.29, 0.717) is 23.3 Å². The van der Waals surface area contributed by atoms with Crippen LogP contribution in [0.15, 0.2) is 50.4 Å². The van der Waals surface area contributed by atoms with Crippen LogP contribution in [0.25, 0.3) is 22.3 Å². The summed E-state index contributed by atoms with van der Waals surface area (Å²) in [4.78, 5) is 12.8. The van der Waals surface area contributed by atoms with Crippen LogP contribution in [0.3, 0.4) is 0 Å². The second kappa shape index (κ2) is 9.39. The SMILES string of the molecule is CSc1ncc(C(F)(F)F)c(-c2cn(COCC[Si](C)(C)C)c3nc(C4(C)N=NN=N4)ccc23)n1. The summed E-state index contributed by atoms with van der Waals surface area (Å²) >= 11 is 1.17. The number of rotatable bonds is 8. The van der Waals surface area contributed by atoms with Gasteiger partial charge in [-0.05, 0) is 41.8 Å². The maximum atomic E-state index is 13.9. The van der Waals surface area contributed by atoms with Gasteiger partial charge in [-0.2, -0.15) is 13.2 Å². The van der Waals surface area contributed by atoms with E-state index in [9.17, 15) is 13.2 Å². The summed E-state index contributed by atoms with van der Waals surface area (Å²) in [6.07, 6.45) is -0.497. The highest BCUT2D eigenvalue weighted by molar-refractivity contribution is 7.98. The molecule has 3 aromatic heterocycles. The highest BCUT2D eigenvalue weighted by Gasteiger charge is 2.37. The topological polar surface area (TPSA) is 102 Å². The lowest BCUT2D eigenvalue weighted by Crippen LogP contribution is -2.22. The molecule has 4 rings (SSSR count). The van der Waals surface area contributed by atoms with Crippen LogP contribution in [-0.4, -0.2) is 40.5 Å². The lowest BCUT2D eigenvalue weighted by molar-refractivity contribution is -0.137. The molecule has 0 bridgehead atoms. The standard InChI is InChI=1S/C21H25F3N8OSSi/c1-20(28-30-31-29-20)16-7-6-13-14(17-15(21(22,23)24)10-25-19(27-17)34-2)11-32(18(13)26-16)12-33-8-9-35(3,4)5/h6-7,10-11H,8-9,12H2,1-5H3. The van der Waals surface area contributed by atoms with Crippen LogP contribution in [0.2, 0.25) is 25.7 Å². The molecular weight excluding hydrogens is 497 g/mol. The summed E-state index contributed by atoms with van der Waals surface area (Å²) in [6.45, 7) is 9.11. The molecule has 186 valence electrons. The van der Waals surface area contributed by atoms with E-state index in [0.717, 1.165) is 12.2 Å². The predicted molar refractivity (Wildman–Crippen MR) is 129 cm³/mol. The first-order valence-corrected chi connectivity index (χ1v) is 15.8. The maximum Gasteiger partial charge on any atom is 0.419 e. The molecule has 1 aliphatic rings. The van der Waals surface area contributed by atoms with Crippen molar-refractivity contribution < 1.29 is 17.9 Å². The average molecular weight is 523 g/mol. The van der Waals surface area contributed by atoms with Gasteiger partial charge in [0.1, 0.15) is 17.9 Å². The highest BCUT2D eigenvalue weighted by atomic mass is 32.2. The molecular formula is C21H25F3N8OSSi. The van der Waals surface area contributed by atoms with Gasteiger partial charge in [-0.3, -0.25) is 0 Å². The molecule has 0 atom stereocenters. The minimum atomic E-state index is -4.63. The Morgan fingerprint density at radius 2 is 1.83 bits per heavy atom. The number of pyridine rings is 1. The number of thioether (sulfide) groups is 1. The molecule has 0 amide bonds. The molecule has 0 aromatic carbocycles. The van der Waals surface area contributed by atoms with Crippen molar-refractivity contribution in [1.29, 1.82) is 0 Å². The van der Waals surface area contributed by atoms with Crippen LogP contribution in [0.5, 0.6) is 0 Å². The lowest BCUT2D eigenvalue weighted by atomic mass is 10.1. The van der Waals surface area contributed by atoms with E-state index in [1.165, 1.54) is 11.8 Å². The smallest absolute Gasteiger partial charge is 0.361 e. The van der Waals surface area contributed by atoms with Crippen LogP contribution in [0.1, 0.15) is 18.2 Å². The molecule has 9 nitrogen and oxygen atoms in total. The molecule has 0 saturated heterocycles. The average Bonchev–Trinajstić information content (AvgIpc) is 3.39. The Balaban J connectivity index is 1.84. The zero-order chi connectivity index (χ0) is 25.4. The van der Waals surface area contributed by atoms with Gasteiger partial charge in [-0.15, -0.1) is 10.2 Å². The number of halogens is 3. The zero-order valence-electron chi connectivity index (χ0n) is 20.0. The minimum Gasteiger partial charge on any atom is -0.361 e. The predicted octanol–water partition coefficient (Wildman–Crippen LogP) is 6.55. The molecule has 35 heavy (non-hydrogen) atoms. The molecule has 0 N–H and O–H groups in total. The summed E-state index contributed by atoms with van der Waals surface area (Å²) in [7, 11) is -1.31. The second-order valence-corrected chi connectivity index (χ2v) is 15.8. The van der Waals surface area contributed by atoms with Crippen molar-refractivity contribution in [1.82, 2.24) is 19.5 Å². The van der Waals surface area contributed by atoms with Crippen molar-refractivity contribution >= 4 is 30.9 Å². The van der Waals surface area contributed by atoms with Gasteiger partial charge in [-0.25, -0.2) is 15.0 Å². The largest absolute Gasteiger partial charge is 0.419 e. The number of hydrogen-bond donors (Lipinski definition) is 0. The molecule has 0 saturated carbocycles. The van der Waals surface area contributed by atoms with Gasteiger partial charge in [0.15, 0.2) is 5.16 Å². The first-order chi connectivity index (χ1) is 16.4. The fraction of sp³-hybridized carbons (Fsp3) is 0.476. The van der Waals surface area contributed by atoms with E-state index in [-0.39, 0.29) is 23.1 Å². The van der Waals surface area contributed by atoms with E-state index in [1.807, 2.05) is 0 Å². The van der Waals surface area contributed by atoms with Crippen molar-refractivity contribution in [3.05, 3.63) is 35.8 Å². The zero-order valence-corrected chi connectivity index (χ0v) is 21.8. The summed E-state index contributed by atoms with van der Waals surface area (Å²) in [5.41, 5.74) is -1.03. The number of hydrogen-bond acceptors (Lipinski definition) is 9. The van der Waals surface area contributed by atoms with Gasteiger partial charge >= 0.3 is 6.18 Å². The molecule has 14 heteroatoms.